The van der Waals surface area contributed by atoms with Crippen molar-refractivity contribution in [1.29, 1.82) is 0 Å². The Balaban J connectivity index is 1.69. The Morgan fingerprint density at radius 2 is 1.88 bits per heavy atom. The van der Waals surface area contributed by atoms with Crippen molar-refractivity contribution in [2.75, 3.05) is 18.6 Å². The minimum atomic E-state index is -0.410. The van der Waals surface area contributed by atoms with Crippen molar-refractivity contribution in [2.24, 2.45) is 13.0 Å². The molecule has 2 aromatic carbocycles. The second-order valence-corrected chi connectivity index (χ2v) is 8.91. The summed E-state index contributed by atoms with van der Waals surface area (Å²) in [7, 11) is 3.28. The van der Waals surface area contributed by atoms with E-state index in [1.165, 1.54) is 9.13 Å². The highest BCUT2D eigenvalue weighted by Gasteiger charge is 2.29. The number of aromatic nitrogens is 4. The maximum atomic E-state index is 13.6. The van der Waals surface area contributed by atoms with Crippen LogP contribution in [0.5, 0.6) is 5.75 Å². The van der Waals surface area contributed by atoms with Gasteiger partial charge in [0.1, 0.15) is 5.75 Å². The second-order valence-electron chi connectivity index (χ2n) is 8.47. The van der Waals surface area contributed by atoms with Crippen molar-refractivity contribution in [3.63, 3.8) is 0 Å². The quantitative estimate of drug-likeness (QED) is 0.462. The Morgan fingerprint density at radius 3 is 2.58 bits per heavy atom. The Hall–Kier alpha value is -3.52. The molecule has 1 atom stereocenters. The fraction of sp³-hybridized carbons (Fsp3) is 0.292. The first-order valence-corrected chi connectivity index (χ1v) is 11.1. The standard InChI is InChI=1S/C24H24ClN5O3/c1-15-12-28(18-7-9-19(33-3)10-8-18)23-26-21-20(29(23)13-15)22(31)30(24(32)27(21)2)14-16-5-4-6-17(25)11-16/h4-11,15H,12-14H2,1-3H3. The molecule has 0 radical (unpaired) electrons. The summed E-state index contributed by atoms with van der Waals surface area (Å²) in [5.74, 6) is 1.69. The van der Waals surface area contributed by atoms with Gasteiger partial charge in [-0.25, -0.2) is 4.79 Å². The van der Waals surface area contributed by atoms with Crippen LogP contribution >= 0.6 is 11.6 Å². The number of nitrogens with zero attached hydrogens (tertiary/aromatic N) is 5. The zero-order chi connectivity index (χ0) is 23.3. The van der Waals surface area contributed by atoms with Gasteiger partial charge in [-0.2, -0.15) is 4.98 Å². The Morgan fingerprint density at radius 1 is 1.12 bits per heavy atom. The molecule has 1 aliphatic rings. The summed E-state index contributed by atoms with van der Waals surface area (Å²) in [6.07, 6.45) is 0. The molecule has 0 fully saturated rings. The molecule has 170 valence electrons. The predicted octanol–water partition coefficient (Wildman–Crippen LogP) is 3.39. The van der Waals surface area contributed by atoms with Gasteiger partial charge in [-0.1, -0.05) is 30.7 Å². The number of fused-ring (bicyclic) bond motifs is 3. The largest absolute Gasteiger partial charge is 0.497 e. The predicted molar refractivity (Wildman–Crippen MR) is 129 cm³/mol. The smallest absolute Gasteiger partial charge is 0.332 e. The first-order chi connectivity index (χ1) is 15.9. The second kappa shape index (κ2) is 8.12. The molecule has 9 heteroatoms. The summed E-state index contributed by atoms with van der Waals surface area (Å²) in [5, 5.41) is 0.559. The van der Waals surface area contributed by atoms with Gasteiger partial charge < -0.3 is 14.2 Å². The molecule has 8 nitrogen and oxygen atoms in total. The summed E-state index contributed by atoms with van der Waals surface area (Å²) < 4.78 is 9.91. The van der Waals surface area contributed by atoms with Crippen molar-refractivity contribution in [3.8, 4) is 5.75 Å². The van der Waals surface area contributed by atoms with E-state index in [0.29, 0.717) is 28.7 Å². The summed E-state index contributed by atoms with van der Waals surface area (Å²) in [4.78, 5) is 33.5. The van der Waals surface area contributed by atoms with Crippen molar-refractivity contribution >= 4 is 34.4 Å². The lowest BCUT2D eigenvalue weighted by Gasteiger charge is -2.33. The average molecular weight is 466 g/mol. The van der Waals surface area contributed by atoms with Gasteiger partial charge in [0.05, 0.1) is 13.7 Å². The van der Waals surface area contributed by atoms with E-state index in [2.05, 4.69) is 11.8 Å². The fourth-order valence-corrected chi connectivity index (χ4v) is 4.66. The van der Waals surface area contributed by atoms with Gasteiger partial charge in [0, 0.05) is 30.8 Å². The number of halogens is 1. The topological polar surface area (TPSA) is 74.3 Å². The van der Waals surface area contributed by atoms with Gasteiger partial charge in [-0.05, 0) is 47.9 Å². The van der Waals surface area contributed by atoms with E-state index in [4.69, 9.17) is 21.3 Å². The Kier molecular flexibility index (Phi) is 5.25. The molecule has 0 N–H and O–H groups in total. The van der Waals surface area contributed by atoms with Crippen LogP contribution in [0.2, 0.25) is 5.02 Å². The van der Waals surface area contributed by atoms with Crippen LogP contribution in [-0.4, -0.2) is 32.3 Å². The van der Waals surface area contributed by atoms with Crippen molar-refractivity contribution in [3.05, 3.63) is 80.0 Å². The maximum absolute atomic E-state index is 13.6. The fourth-order valence-electron chi connectivity index (χ4n) is 4.44. The third kappa shape index (κ3) is 3.60. The zero-order valence-electron chi connectivity index (χ0n) is 18.7. The molecule has 3 heterocycles. The highest BCUT2D eigenvalue weighted by atomic mass is 35.5. The maximum Gasteiger partial charge on any atom is 0.332 e. The highest BCUT2D eigenvalue weighted by molar-refractivity contribution is 6.30. The van der Waals surface area contributed by atoms with E-state index in [0.717, 1.165) is 23.5 Å². The van der Waals surface area contributed by atoms with E-state index in [1.54, 1.807) is 32.4 Å². The number of aryl methyl sites for hydroxylation is 1. The van der Waals surface area contributed by atoms with Gasteiger partial charge in [-0.3, -0.25) is 13.9 Å². The minimum absolute atomic E-state index is 0.139. The first kappa shape index (κ1) is 21.3. The lowest BCUT2D eigenvalue weighted by molar-refractivity contribution is 0.414. The number of ether oxygens (including phenoxy) is 1. The molecule has 4 aromatic rings. The molecule has 1 unspecified atom stereocenters. The van der Waals surface area contributed by atoms with Crippen LogP contribution in [0.4, 0.5) is 11.6 Å². The molecule has 0 aliphatic carbocycles. The zero-order valence-corrected chi connectivity index (χ0v) is 19.4. The van der Waals surface area contributed by atoms with E-state index in [-0.39, 0.29) is 18.0 Å². The molecular formula is C24H24ClN5O3. The van der Waals surface area contributed by atoms with Crippen LogP contribution in [0.1, 0.15) is 12.5 Å². The number of anilines is 2. The Labute approximate surface area is 195 Å². The summed E-state index contributed by atoms with van der Waals surface area (Å²) in [5.41, 5.74) is 1.78. The van der Waals surface area contributed by atoms with E-state index < -0.39 is 5.69 Å². The molecule has 0 amide bonds. The summed E-state index contributed by atoms with van der Waals surface area (Å²) >= 11 is 6.11. The molecule has 0 bridgehead atoms. The average Bonchev–Trinajstić information content (AvgIpc) is 3.19. The van der Waals surface area contributed by atoms with Crippen molar-refractivity contribution in [1.82, 2.24) is 18.7 Å². The Bertz CT molecular complexity index is 1470. The van der Waals surface area contributed by atoms with Gasteiger partial charge >= 0.3 is 5.69 Å². The highest BCUT2D eigenvalue weighted by Crippen LogP contribution is 2.33. The van der Waals surface area contributed by atoms with Gasteiger partial charge in [0.15, 0.2) is 11.2 Å². The number of benzene rings is 2. The number of methoxy groups -OCH3 is 1. The van der Waals surface area contributed by atoms with Crippen LogP contribution in [0.3, 0.4) is 0 Å². The van der Waals surface area contributed by atoms with Crippen LogP contribution < -0.4 is 20.9 Å². The normalized spacial score (nSPS) is 15.6. The van der Waals surface area contributed by atoms with Crippen LogP contribution in [0.15, 0.2) is 58.1 Å². The van der Waals surface area contributed by atoms with Gasteiger partial charge in [-0.15, -0.1) is 0 Å². The van der Waals surface area contributed by atoms with E-state index in [9.17, 15) is 9.59 Å². The van der Waals surface area contributed by atoms with Gasteiger partial charge in [0.25, 0.3) is 5.56 Å². The van der Waals surface area contributed by atoms with Crippen molar-refractivity contribution < 1.29 is 4.74 Å². The lowest BCUT2D eigenvalue weighted by Crippen LogP contribution is -2.40. The van der Waals surface area contributed by atoms with Crippen molar-refractivity contribution in [2.45, 2.75) is 20.0 Å². The molecule has 0 spiro atoms. The monoisotopic (exact) mass is 465 g/mol. The number of imidazole rings is 1. The molecule has 2 aromatic heterocycles. The van der Waals surface area contributed by atoms with E-state index in [1.807, 2.05) is 34.9 Å². The number of hydrogen-bond donors (Lipinski definition) is 0. The molecular weight excluding hydrogens is 442 g/mol. The summed E-state index contributed by atoms with van der Waals surface area (Å²) in [6.45, 7) is 3.67. The summed E-state index contributed by atoms with van der Waals surface area (Å²) in [6, 6.07) is 14.9. The van der Waals surface area contributed by atoms with Crippen LogP contribution in [0.25, 0.3) is 11.2 Å². The molecule has 1 aliphatic heterocycles. The molecule has 33 heavy (non-hydrogen) atoms. The van der Waals surface area contributed by atoms with Gasteiger partial charge in [0.2, 0.25) is 5.95 Å². The molecule has 0 saturated heterocycles. The number of rotatable bonds is 4. The molecule has 0 saturated carbocycles. The third-order valence-corrected chi connectivity index (χ3v) is 6.29. The van der Waals surface area contributed by atoms with Crippen LogP contribution in [0, 0.1) is 5.92 Å². The van der Waals surface area contributed by atoms with E-state index >= 15 is 0 Å². The lowest BCUT2D eigenvalue weighted by atomic mass is 10.1. The van der Waals surface area contributed by atoms with Crippen LogP contribution in [-0.2, 0) is 20.1 Å². The first-order valence-electron chi connectivity index (χ1n) is 10.7. The minimum Gasteiger partial charge on any atom is -0.497 e. The molecule has 5 rings (SSSR count). The number of hydrogen-bond acceptors (Lipinski definition) is 5. The third-order valence-electron chi connectivity index (χ3n) is 6.06. The SMILES string of the molecule is COc1ccc(N2CC(C)Cn3c2nc2c3c(=O)n(Cc3cccc(Cl)c3)c(=O)n2C)cc1.